The minimum atomic E-state index is 0.106. The van der Waals surface area contributed by atoms with Crippen molar-refractivity contribution in [3.8, 4) is 23.3 Å². The van der Waals surface area contributed by atoms with Crippen LogP contribution in [0.5, 0.6) is 11.5 Å². The SMILES string of the molecule is COc1cc(O)ccc1C#CCCSC(C)=O. The lowest BCUT2D eigenvalue weighted by Gasteiger charge is -2.02. The Morgan fingerprint density at radius 2 is 2.29 bits per heavy atom. The molecule has 0 heterocycles. The van der Waals surface area contributed by atoms with Gasteiger partial charge in [0.15, 0.2) is 5.12 Å². The van der Waals surface area contributed by atoms with Crippen LogP contribution in [0.3, 0.4) is 0 Å². The summed E-state index contributed by atoms with van der Waals surface area (Å²) in [6, 6.07) is 4.80. The summed E-state index contributed by atoms with van der Waals surface area (Å²) >= 11 is 1.27. The lowest BCUT2D eigenvalue weighted by atomic mass is 10.2. The zero-order valence-electron chi connectivity index (χ0n) is 9.82. The van der Waals surface area contributed by atoms with Crippen molar-refractivity contribution in [2.24, 2.45) is 0 Å². The van der Waals surface area contributed by atoms with Crippen molar-refractivity contribution >= 4 is 16.9 Å². The molecule has 0 aliphatic rings. The van der Waals surface area contributed by atoms with Crippen LogP contribution in [0.15, 0.2) is 18.2 Å². The molecule has 0 fully saturated rings. The first-order chi connectivity index (χ1) is 8.13. The molecule has 0 saturated carbocycles. The Bertz CT molecular complexity index is 457. The lowest BCUT2D eigenvalue weighted by Crippen LogP contribution is -1.87. The molecule has 0 aliphatic carbocycles. The van der Waals surface area contributed by atoms with E-state index in [9.17, 15) is 9.90 Å². The molecule has 1 rings (SSSR count). The van der Waals surface area contributed by atoms with E-state index in [0.29, 0.717) is 17.9 Å². The van der Waals surface area contributed by atoms with Gasteiger partial charge in [0, 0.05) is 25.2 Å². The second-order valence-electron chi connectivity index (χ2n) is 3.28. The summed E-state index contributed by atoms with van der Waals surface area (Å²) in [5.41, 5.74) is 0.734. The van der Waals surface area contributed by atoms with Gasteiger partial charge in [-0.05, 0) is 12.1 Å². The molecule has 0 atom stereocenters. The van der Waals surface area contributed by atoms with Crippen LogP contribution in [0, 0.1) is 11.8 Å². The zero-order valence-corrected chi connectivity index (χ0v) is 10.6. The van der Waals surface area contributed by atoms with Gasteiger partial charge in [0.25, 0.3) is 0 Å². The van der Waals surface area contributed by atoms with Gasteiger partial charge in [-0.2, -0.15) is 0 Å². The van der Waals surface area contributed by atoms with Gasteiger partial charge in [-0.1, -0.05) is 23.6 Å². The summed E-state index contributed by atoms with van der Waals surface area (Å²) in [5.74, 6) is 7.32. The molecule has 90 valence electrons. The molecule has 0 aliphatic heterocycles. The molecule has 0 radical (unpaired) electrons. The van der Waals surface area contributed by atoms with Crippen LogP contribution in [-0.2, 0) is 4.79 Å². The Labute approximate surface area is 105 Å². The number of ether oxygens (including phenoxy) is 1. The van der Waals surface area contributed by atoms with Gasteiger partial charge in [0.05, 0.1) is 12.7 Å². The summed E-state index contributed by atoms with van der Waals surface area (Å²) in [4.78, 5) is 10.7. The fourth-order valence-corrected chi connectivity index (χ4v) is 1.68. The van der Waals surface area contributed by atoms with Gasteiger partial charge >= 0.3 is 0 Å². The Morgan fingerprint density at radius 1 is 1.53 bits per heavy atom. The number of methoxy groups -OCH3 is 1. The molecule has 1 aromatic rings. The van der Waals surface area contributed by atoms with Crippen LogP contribution in [0.25, 0.3) is 0 Å². The van der Waals surface area contributed by atoms with Gasteiger partial charge in [0.2, 0.25) is 0 Å². The monoisotopic (exact) mass is 250 g/mol. The number of carbonyl (C=O) groups is 1. The third kappa shape index (κ3) is 4.83. The molecular formula is C13H14O3S. The van der Waals surface area contributed by atoms with E-state index in [1.54, 1.807) is 19.1 Å². The van der Waals surface area contributed by atoms with Gasteiger partial charge in [-0.3, -0.25) is 4.79 Å². The van der Waals surface area contributed by atoms with Crippen LogP contribution in [0.1, 0.15) is 18.9 Å². The van der Waals surface area contributed by atoms with E-state index >= 15 is 0 Å². The first kappa shape index (κ1) is 13.5. The van der Waals surface area contributed by atoms with Crippen LogP contribution in [0.4, 0.5) is 0 Å². The van der Waals surface area contributed by atoms with Crippen LogP contribution < -0.4 is 4.74 Å². The number of hydrogen-bond donors (Lipinski definition) is 1. The van der Waals surface area contributed by atoms with Crippen LogP contribution in [0.2, 0.25) is 0 Å². The predicted octanol–water partition coefficient (Wildman–Crippen LogP) is 2.42. The minimum absolute atomic E-state index is 0.106. The third-order valence-corrected chi connectivity index (χ3v) is 2.76. The van der Waals surface area contributed by atoms with Crippen molar-refractivity contribution in [3.63, 3.8) is 0 Å². The van der Waals surface area contributed by atoms with Gasteiger partial charge in [-0.15, -0.1) is 0 Å². The Balaban J connectivity index is 2.62. The normalized spacial score (nSPS) is 9.29. The predicted molar refractivity (Wildman–Crippen MR) is 69.3 cm³/mol. The van der Waals surface area contributed by atoms with E-state index in [4.69, 9.17) is 4.74 Å². The lowest BCUT2D eigenvalue weighted by molar-refractivity contribution is -0.109. The smallest absolute Gasteiger partial charge is 0.185 e. The molecule has 0 unspecified atom stereocenters. The second-order valence-corrected chi connectivity index (χ2v) is 4.55. The number of thioether (sulfide) groups is 1. The van der Waals surface area contributed by atoms with E-state index in [-0.39, 0.29) is 10.9 Å². The molecule has 4 heteroatoms. The fourth-order valence-electron chi connectivity index (χ4n) is 1.19. The summed E-state index contributed by atoms with van der Waals surface area (Å²) < 4.78 is 5.10. The number of aromatic hydroxyl groups is 1. The van der Waals surface area contributed by atoms with E-state index in [1.807, 2.05) is 0 Å². The molecule has 0 aromatic heterocycles. The summed E-state index contributed by atoms with van der Waals surface area (Å²) in [6.45, 7) is 1.54. The highest BCUT2D eigenvalue weighted by Gasteiger charge is 2.00. The highest BCUT2D eigenvalue weighted by atomic mass is 32.2. The van der Waals surface area contributed by atoms with Crippen molar-refractivity contribution < 1.29 is 14.6 Å². The number of benzene rings is 1. The number of carbonyl (C=O) groups excluding carboxylic acids is 1. The number of phenolic OH excluding ortho intramolecular Hbond substituents is 1. The van der Waals surface area contributed by atoms with Gasteiger partial charge < -0.3 is 9.84 Å². The first-order valence-corrected chi connectivity index (χ1v) is 6.11. The van der Waals surface area contributed by atoms with Crippen LogP contribution >= 0.6 is 11.8 Å². The van der Waals surface area contributed by atoms with Gasteiger partial charge in [-0.25, -0.2) is 0 Å². The Morgan fingerprint density at radius 3 is 2.94 bits per heavy atom. The van der Waals surface area contributed by atoms with Crippen LogP contribution in [-0.4, -0.2) is 23.1 Å². The van der Waals surface area contributed by atoms with E-state index in [2.05, 4.69) is 11.8 Å². The van der Waals surface area contributed by atoms with E-state index in [0.717, 1.165) is 5.56 Å². The molecule has 1 aromatic carbocycles. The molecule has 3 nitrogen and oxygen atoms in total. The first-order valence-electron chi connectivity index (χ1n) is 5.12. The highest BCUT2D eigenvalue weighted by Crippen LogP contribution is 2.22. The summed E-state index contributed by atoms with van der Waals surface area (Å²) in [7, 11) is 1.53. The topological polar surface area (TPSA) is 46.5 Å². The Hall–Kier alpha value is -1.60. The third-order valence-electron chi connectivity index (χ3n) is 1.94. The standard InChI is InChI=1S/C13H14O3S/c1-10(14)17-8-4-3-5-11-6-7-12(15)9-13(11)16-2/h6-7,9,15H,4,8H2,1-2H3. The maximum absolute atomic E-state index is 10.7. The van der Waals surface area contributed by atoms with Crippen molar-refractivity contribution in [2.45, 2.75) is 13.3 Å². The molecule has 0 saturated heterocycles. The number of phenols is 1. The molecule has 0 bridgehead atoms. The zero-order chi connectivity index (χ0) is 12.7. The maximum Gasteiger partial charge on any atom is 0.185 e. The quantitative estimate of drug-likeness (QED) is 0.661. The molecule has 1 N–H and O–H groups in total. The maximum atomic E-state index is 10.7. The van der Waals surface area contributed by atoms with Crippen molar-refractivity contribution in [1.82, 2.24) is 0 Å². The average Bonchev–Trinajstić information content (AvgIpc) is 2.29. The average molecular weight is 250 g/mol. The summed E-state index contributed by atoms with van der Waals surface area (Å²) in [5, 5.41) is 9.38. The highest BCUT2D eigenvalue weighted by molar-refractivity contribution is 8.13. The van der Waals surface area contributed by atoms with Gasteiger partial charge in [0.1, 0.15) is 11.5 Å². The number of rotatable bonds is 3. The molecule has 17 heavy (non-hydrogen) atoms. The van der Waals surface area contributed by atoms with E-state index in [1.165, 1.54) is 24.9 Å². The van der Waals surface area contributed by atoms with E-state index < -0.39 is 0 Å². The van der Waals surface area contributed by atoms with Crippen molar-refractivity contribution in [1.29, 1.82) is 0 Å². The second kappa shape index (κ2) is 6.87. The molecular weight excluding hydrogens is 236 g/mol. The van der Waals surface area contributed by atoms with Crippen molar-refractivity contribution in [3.05, 3.63) is 23.8 Å². The minimum Gasteiger partial charge on any atom is -0.508 e. The molecule has 0 spiro atoms. The summed E-state index contributed by atoms with van der Waals surface area (Å²) in [6.07, 6.45) is 0.647. The van der Waals surface area contributed by atoms with Crippen molar-refractivity contribution in [2.75, 3.05) is 12.9 Å². The molecule has 0 amide bonds. The number of hydrogen-bond acceptors (Lipinski definition) is 4. The Kier molecular flexibility index (Phi) is 5.44. The largest absolute Gasteiger partial charge is 0.508 e. The fraction of sp³-hybridized carbons (Fsp3) is 0.308.